The molecule has 2 bridgehead atoms. The van der Waals surface area contributed by atoms with Crippen LogP contribution in [0.5, 0.6) is 0 Å². The van der Waals surface area contributed by atoms with Crippen LogP contribution in [0.1, 0.15) is 46.5 Å². The molecule has 3 fully saturated rings. The Hall–Kier alpha value is -1.52. The number of ether oxygens (including phenoxy) is 1. The third-order valence-corrected chi connectivity index (χ3v) is 4.87. The average molecular weight is 306 g/mol. The van der Waals surface area contributed by atoms with Gasteiger partial charge in [0.15, 0.2) is 0 Å². The number of carbonyl (C=O) groups is 2. The molecular formula is C17H26N2O3. The number of rotatable bonds is 1. The van der Waals surface area contributed by atoms with Crippen molar-refractivity contribution < 1.29 is 14.3 Å². The largest absolute Gasteiger partial charge is 0.444 e. The van der Waals surface area contributed by atoms with Crippen molar-refractivity contribution in [2.75, 3.05) is 13.1 Å². The van der Waals surface area contributed by atoms with Crippen molar-refractivity contribution in [1.29, 1.82) is 0 Å². The molecule has 4 rings (SSSR count). The minimum Gasteiger partial charge on any atom is -0.444 e. The van der Waals surface area contributed by atoms with Crippen LogP contribution in [0, 0.1) is 5.92 Å². The van der Waals surface area contributed by atoms with E-state index in [0.717, 1.165) is 25.7 Å². The van der Waals surface area contributed by atoms with E-state index in [0.29, 0.717) is 13.1 Å². The van der Waals surface area contributed by atoms with Gasteiger partial charge in [-0.25, -0.2) is 4.79 Å². The van der Waals surface area contributed by atoms with Gasteiger partial charge in [-0.3, -0.25) is 9.69 Å². The van der Waals surface area contributed by atoms with Gasteiger partial charge in [-0.05, 0) is 52.4 Å². The van der Waals surface area contributed by atoms with Crippen LogP contribution in [0.2, 0.25) is 0 Å². The topological polar surface area (TPSA) is 49.9 Å². The molecule has 0 unspecified atom stereocenters. The lowest BCUT2D eigenvalue weighted by Gasteiger charge is -2.50. The highest BCUT2D eigenvalue weighted by molar-refractivity contribution is 5.87. The Kier molecular flexibility index (Phi) is 3.91. The van der Waals surface area contributed by atoms with Crippen LogP contribution in [0.4, 0.5) is 4.79 Å². The van der Waals surface area contributed by atoms with Crippen LogP contribution in [-0.2, 0) is 9.53 Å². The van der Waals surface area contributed by atoms with Crippen molar-refractivity contribution in [3.05, 3.63) is 12.2 Å². The summed E-state index contributed by atoms with van der Waals surface area (Å²) in [6.45, 7) is 6.93. The number of nitrogens with zero attached hydrogens (tertiary/aromatic N) is 2. The molecule has 0 aromatic carbocycles. The Labute approximate surface area is 132 Å². The van der Waals surface area contributed by atoms with Crippen LogP contribution in [0.15, 0.2) is 12.2 Å². The van der Waals surface area contributed by atoms with Crippen LogP contribution in [0.3, 0.4) is 0 Å². The third-order valence-electron chi connectivity index (χ3n) is 4.87. The Bertz CT molecular complexity index is 479. The van der Waals surface area contributed by atoms with Crippen molar-refractivity contribution in [2.45, 2.75) is 64.1 Å². The molecule has 4 aliphatic rings. The van der Waals surface area contributed by atoms with E-state index in [1.165, 1.54) is 0 Å². The van der Waals surface area contributed by atoms with Crippen LogP contribution >= 0.6 is 0 Å². The number of fused-ring (bicyclic) bond motifs is 3. The van der Waals surface area contributed by atoms with Gasteiger partial charge in [-0.1, -0.05) is 12.2 Å². The fourth-order valence-electron chi connectivity index (χ4n) is 3.89. The van der Waals surface area contributed by atoms with Crippen LogP contribution in [0.25, 0.3) is 0 Å². The van der Waals surface area contributed by atoms with E-state index in [4.69, 9.17) is 4.74 Å². The summed E-state index contributed by atoms with van der Waals surface area (Å²) in [4.78, 5) is 29.1. The zero-order valence-electron chi connectivity index (χ0n) is 13.7. The molecule has 1 aliphatic carbocycles. The van der Waals surface area contributed by atoms with E-state index in [2.05, 4.69) is 0 Å². The number of carbonyl (C=O) groups excluding carboxylic acids is 2. The van der Waals surface area contributed by atoms with Gasteiger partial charge >= 0.3 is 6.09 Å². The quantitative estimate of drug-likeness (QED) is 0.700. The number of hydrogen-bond donors (Lipinski definition) is 0. The van der Waals surface area contributed by atoms with Gasteiger partial charge in [0.1, 0.15) is 11.6 Å². The Balaban J connectivity index is 1.81. The van der Waals surface area contributed by atoms with E-state index >= 15 is 0 Å². The normalized spacial score (nSPS) is 30.8. The smallest absolute Gasteiger partial charge is 0.411 e. The molecule has 2 amide bonds. The number of piperidine rings is 2. The lowest BCUT2D eigenvalue weighted by molar-refractivity contribution is -0.144. The second-order valence-corrected chi connectivity index (χ2v) is 7.62. The van der Waals surface area contributed by atoms with Gasteiger partial charge in [0.2, 0.25) is 5.91 Å². The average Bonchev–Trinajstić information content (AvgIpc) is 2.99. The molecule has 5 heteroatoms. The molecule has 1 atom stereocenters. The first-order valence-corrected chi connectivity index (χ1v) is 8.32. The fourth-order valence-corrected chi connectivity index (χ4v) is 3.89. The van der Waals surface area contributed by atoms with Crippen molar-refractivity contribution in [3.8, 4) is 0 Å². The van der Waals surface area contributed by atoms with E-state index in [1.807, 2.05) is 37.8 Å². The summed E-state index contributed by atoms with van der Waals surface area (Å²) < 4.78 is 5.57. The fraction of sp³-hybridized carbons (Fsp3) is 0.765. The molecule has 3 heterocycles. The molecule has 0 aromatic heterocycles. The highest BCUT2D eigenvalue weighted by Gasteiger charge is 2.49. The second-order valence-electron chi connectivity index (χ2n) is 7.62. The van der Waals surface area contributed by atoms with Gasteiger partial charge in [0.05, 0.1) is 0 Å². The van der Waals surface area contributed by atoms with Crippen molar-refractivity contribution in [2.24, 2.45) is 5.92 Å². The minimum atomic E-state index is -0.531. The first-order chi connectivity index (χ1) is 10.4. The SMILES string of the molecule is CC(C)(C)OC(=O)N1C2CCC(CC2)[C@H]1C(=O)N1CC=CC1. The molecule has 2 saturated heterocycles. The minimum absolute atomic E-state index is 0.0882. The summed E-state index contributed by atoms with van der Waals surface area (Å²) in [5, 5.41) is 0. The monoisotopic (exact) mass is 306 g/mol. The highest BCUT2D eigenvalue weighted by Crippen LogP contribution is 2.41. The predicted molar refractivity (Wildman–Crippen MR) is 83.3 cm³/mol. The first-order valence-electron chi connectivity index (χ1n) is 8.32. The third kappa shape index (κ3) is 2.85. The molecule has 122 valence electrons. The number of amides is 2. The maximum Gasteiger partial charge on any atom is 0.411 e. The van der Waals surface area contributed by atoms with Gasteiger partial charge in [0, 0.05) is 19.1 Å². The van der Waals surface area contributed by atoms with E-state index < -0.39 is 5.60 Å². The van der Waals surface area contributed by atoms with Gasteiger partial charge in [0.25, 0.3) is 0 Å². The van der Waals surface area contributed by atoms with E-state index in [1.54, 1.807) is 4.90 Å². The lowest BCUT2D eigenvalue weighted by atomic mass is 9.74. The maximum atomic E-state index is 12.9. The molecule has 0 aromatic rings. The lowest BCUT2D eigenvalue weighted by Crippen LogP contribution is -2.63. The van der Waals surface area contributed by atoms with E-state index in [-0.39, 0.29) is 30.0 Å². The first kappa shape index (κ1) is 15.4. The summed E-state index contributed by atoms with van der Waals surface area (Å²) in [5.41, 5.74) is -0.531. The second kappa shape index (κ2) is 5.60. The van der Waals surface area contributed by atoms with Crippen molar-refractivity contribution >= 4 is 12.0 Å². The van der Waals surface area contributed by atoms with Crippen LogP contribution in [-0.4, -0.2) is 52.6 Å². The Morgan fingerprint density at radius 3 is 2.18 bits per heavy atom. The maximum absolute atomic E-state index is 12.9. The summed E-state index contributed by atoms with van der Waals surface area (Å²) in [5.74, 6) is 0.371. The molecule has 22 heavy (non-hydrogen) atoms. The van der Waals surface area contributed by atoms with Gasteiger partial charge in [-0.15, -0.1) is 0 Å². The van der Waals surface area contributed by atoms with Crippen molar-refractivity contribution in [1.82, 2.24) is 9.80 Å². The number of hydrogen-bond acceptors (Lipinski definition) is 3. The van der Waals surface area contributed by atoms with Crippen molar-refractivity contribution in [3.63, 3.8) is 0 Å². The summed E-state index contributed by atoms with van der Waals surface area (Å²) in [7, 11) is 0. The highest BCUT2D eigenvalue weighted by atomic mass is 16.6. The molecule has 5 nitrogen and oxygen atoms in total. The molecule has 0 radical (unpaired) electrons. The zero-order valence-corrected chi connectivity index (χ0v) is 13.7. The predicted octanol–water partition coefficient (Wildman–Crippen LogP) is 2.56. The summed E-state index contributed by atoms with van der Waals surface area (Å²) >= 11 is 0. The molecular weight excluding hydrogens is 280 g/mol. The van der Waals surface area contributed by atoms with E-state index in [9.17, 15) is 9.59 Å². The van der Waals surface area contributed by atoms with Gasteiger partial charge in [-0.2, -0.15) is 0 Å². The van der Waals surface area contributed by atoms with Crippen LogP contribution < -0.4 is 0 Å². The van der Waals surface area contributed by atoms with Gasteiger partial charge < -0.3 is 9.64 Å². The molecule has 0 N–H and O–H groups in total. The molecule has 3 aliphatic heterocycles. The molecule has 0 spiro atoms. The Morgan fingerprint density at radius 2 is 1.64 bits per heavy atom. The zero-order chi connectivity index (χ0) is 15.9. The summed E-state index contributed by atoms with van der Waals surface area (Å²) in [6, 6.07) is -0.174. The summed E-state index contributed by atoms with van der Waals surface area (Å²) in [6.07, 6.45) is 7.77. The standard InChI is InChI=1S/C17H26N2O3/c1-17(2,3)22-16(21)19-13-8-6-12(7-9-13)14(19)15(20)18-10-4-5-11-18/h4-5,12-14H,6-11H2,1-3H3/t12?,13?,14-/m0/s1. The Morgan fingerprint density at radius 1 is 1.05 bits per heavy atom. The molecule has 1 saturated carbocycles.